The molecule has 1 atom stereocenters. The van der Waals surface area contributed by atoms with Gasteiger partial charge in [-0.15, -0.1) is 5.10 Å². The molecule has 78 valence electrons. The highest BCUT2D eigenvalue weighted by atomic mass is 32.2. The first-order valence-electron chi connectivity index (χ1n) is 4.51. The number of thioether (sulfide) groups is 1. The van der Waals surface area contributed by atoms with E-state index in [4.69, 9.17) is 10.2 Å². The van der Waals surface area contributed by atoms with Crippen molar-refractivity contribution >= 4 is 11.8 Å². The summed E-state index contributed by atoms with van der Waals surface area (Å²) in [6.45, 7) is -0.224. The Hall–Kier alpha value is -0.660. The summed E-state index contributed by atoms with van der Waals surface area (Å²) in [7, 11) is 0. The van der Waals surface area contributed by atoms with Gasteiger partial charge in [-0.2, -0.15) is 0 Å². The van der Waals surface area contributed by atoms with Crippen LogP contribution in [-0.2, 0) is 0 Å². The normalized spacial score (nSPS) is 18.4. The molecule has 14 heavy (non-hydrogen) atoms. The maximum atomic E-state index is 9.15. The predicted octanol–water partition coefficient (Wildman–Crippen LogP) is -0.547. The predicted molar refractivity (Wildman–Crippen MR) is 49.9 cm³/mol. The van der Waals surface area contributed by atoms with E-state index in [1.165, 1.54) is 11.8 Å². The van der Waals surface area contributed by atoms with Crippen molar-refractivity contribution in [3.8, 4) is 0 Å². The van der Waals surface area contributed by atoms with Gasteiger partial charge in [0.25, 0.3) is 0 Å². The van der Waals surface area contributed by atoms with Crippen LogP contribution in [0.1, 0.15) is 18.9 Å². The fraction of sp³-hybridized carbons (Fsp3) is 0.857. The van der Waals surface area contributed by atoms with Crippen LogP contribution in [-0.4, -0.2) is 48.9 Å². The average molecular weight is 216 g/mol. The molecule has 1 aromatic rings. The molecule has 0 spiro atoms. The van der Waals surface area contributed by atoms with Gasteiger partial charge in [0.1, 0.15) is 0 Å². The summed E-state index contributed by atoms with van der Waals surface area (Å²) in [5.74, 6) is 0.420. The standard InChI is InChI=1S/C7H12N4O2S/c12-3-6(13)4-14-7-8-9-10-11(7)5-1-2-5/h5-6,12-13H,1-4H2. The fourth-order valence-electron chi connectivity index (χ4n) is 1.05. The monoisotopic (exact) mass is 216 g/mol. The van der Waals surface area contributed by atoms with Gasteiger partial charge in [0, 0.05) is 5.75 Å². The summed E-state index contributed by atoms with van der Waals surface area (Å²) in [6, 6.07) is 0.443. The van der Waals surface area contributed by atoms with Gasteiger partial charge in [0.05, 0.1) is 18.8 Å². The molecule has 2 N–H and O–H groups in total. The number of aliphatic hydroxyl groups excluding tert-OH is 2. The van der Waals surface area contributed by atoms with Crippen molar-refractivity contribution in [3.05, 3.63) is 0 Å². The van der Waals surface area contributed by atoms with Gasteiger partial charge in [0.2, 0.25) is 5.16 Å². The molecule has 1 unspecified atom stereocenters. The second-order valence-corrected chi connectivity index (χ2v) is 4.27. The third-order valence-corrected chi connectivity index (χ3v) is 3.05. The molecule has 1 fully saturated rings. The average Bonchev–Trinajstić information content (AvgIpc) is 2.94. The first-order valence-corrected chi connectivity index (χ1v) is 5.49. The third-order valence-electron chi connectivity index (χ3n) is 1.97. The highest BCUT2D eigenvalue weighted by Crippen LogP contribution is 2.36. The molecule has 6 nitrogen and oxygen atoms in total. The minimum atomic E-state index is -0.704. The number of aromatic nitrogens is 4. The van der Waals surface area contributed by atoms with Gasteiger partial charge in [-0.3, -0.25) is 0 Å². The zero-order valence-electron chi connectivity index (χ0n) is 7.57. The van der Waals surface area contributed by atoms with Gasteiger partial charge in [-0.05, 0) is 23.3 Å². The molecule has 2 rings (SSSR count). The number of tetrazole rings is 1. The van der Waals surface area contributed by atoms with E-state index in [0.717, 1.165) is 18.0 Å². The minimum Gasteiger partial charge on any atom is -0.394 e. The molecule has 1 aliphatic rings. The molecule has 0 bridgehead atoms. The third kappa shape index (κ3) is 2.23. The highest BCUT2D eigenvalue weighted by Gasteiger charge is 2.27. The smallest absolute Gasteiger partial charge is 0.209 e. The molecular weight excluding hydrogens is 204 g/mol. The van der Waals surface area contributed by atoms with Gasteiger partial charge < -0.3 is 10.2 Å². The van der Waals surface area contributed by atoms with Crippen molar-refractivity contribution in [1.82, 2.24) is 20.2 Å². The molecule has 0 aliphatic heterocycles. The quantitative estimate of drug-likeness (QED) is 0.643. The van der Waals surface area contributed by atoms with E-state index in [0.29, 0.717) is 11.8 Å². The molecule has 7 heteroatoms. The molecule has 0 saturated heterocycles. The van der Waals surface area contributed by atoms with Gasteiger partial charge in [-0.1, -0.05) is 11.8 Å². The molecule has 1 aliphatic carbocycles. The minimum absolute atomic E-state index is 0.224. The summed E-state index contributed by atoms with van der Waals surface area (Å²) in [6.07, 6.45) is 1.55. The summed E-state index contributed by atoms with van der Waals surface area (Å²) < 4.78 is 1.79. The fourth-order valence-corrected chi connectivity index (χ4v) is 1.91. The first kappa shape index (κ1) is 9.88. The molecular formula is C7H12N4O2S. The van der Waals surface area contributed by atoms with Crippen molar-refractivity contribution in [2.45, 2.75) is 30.1 Å². The van der Waals surface area contributed by atoms with E-state index in [-0.39, 0.29) is 6.61 Å². The van der Waals surface area contributed by atoms with E-state index in [1.807, 2.05) is 0 Å². The first-order chi connectivity index (χ1) is 6.81. The van der Waals surface area contributed by atoms with E-state index >= 15 is 0 Å². The summed E-state index contributed by atoms with van der Waals surface area (Å²) in [4.78, 5) is 0. The Morgan fingerprint density at radius 2 is 2.36 bits per heavy atom. The highest BCUT2D eigenvalue weighted by molar-refractivity contribution is 7.99. The van der Waals surface area contributed by atoms with Crippen LogP contribution in [0.4, 0.5) is 0 Å². The Morgan fingerprint density at radius 1 is 1.57 bits per heavy atom. The van der Waals surface area contributed by atoms with Crippen molar-refractivity contribution in [2.75, 3.05) is 12.4 Å². The summed E-state index contributed by atoms with van der Waals surface area (Å²) in [5.41, 5.74) is 0. The van der Waals surface area contributed by atoms with E-state index in [1.54, 1.807) is 4.68 Å². The van der Waals surface area contributed by atoms with E-state index in [9.17, 15) is 0 Å². The Morgan fingerprint density at radius 3 is 3.00 bits per heavy atom. The van der Waals surface area contributed by atoms with Crippen LogP contribution in [0, 0.1) is 0 Å². The second-order valence-electron chi connectivity index (χ2n) is 3.28. The largest absolute Gasteiger partial charge is 0.394 e. The Bertz CT molecular complexity index is 302. The maximum Gasteiger partial charge on any atom is 0.209 e. The van der Waals surface area contributed by atoms with Crippen LogP contribution in [0.2, 0.25) is 0 Å². The van der Waals surface area contributed by atoms with Gasteiger partial charge >= 0.3 is 0 Å². The lowest BCUT2D eigenvalue weighted by Crippen LogP contribution is -2.15. The molecule has 0 amide bonds. The molecule has 1 aromatic heterocycles. The van der Waals surface area contributed by atoms with E-state index in [2.05, 4.69) is 15.5 Å². The lowest BCUT2D eigenvalue weighted by atomic mass is 10.4. The van der Waals surface area contributed by atoms with Crippen LogP contribution in [0.25, 0.3) is 0 Å². The number of aliphatic hydroxyl groups is 2. The number of rotatable bonds is 5. The Kier molecular flexibility index (Phi) is 2.99. The molecule has 0 radical (unpaired) electrons. The number of nitrogens with zero attached hydrogens (tertiary/aromatic N) is 4. The summed E-state index contributed by atoms with van der Waals surface area (Å²) >= 11 is 1.37. The molecule has 1 heterocycles. The van der Waals surface area contributed by atoms with E-state index < -0.39 is 6.10 Å². The maximum absolute atomic E-state index is 9.15. The molecule has 0 aromatic carbocycles. The molecule has 1 saturated carbocycles. The van der Waals surface area contributed by atoms with Crippen LogP contribution in [0.5, 0.6) is 0 Å². The zero-order chi connectivity index (χ0) is 9.97. The van der Waals surface area contributed by atoms with Crippen molar-refractivity contribution in [1.29, 1.82) is 0 Å². The van der Waals surface area contributed by atoms with Crippen LogP contribution in [0.3, 0.4) is 0 Å². The Labute approximate surface area is 85.3 Å². The second kappa shape index (κ2) is 4.24. The van der Waals surface area contributed by atoms with Crippen molar-refractivity contribution < 1.29 is 10.2 Å². The number of hydrogen-bond acceptors (Lipinski definition) is 6. The summed E-state index contributed by atoms with van der Waals surface area (Å²) in [5, 5.41) is 29.8. The van der Waals surface area contributed by atoms with Gasteiger partial charge in [-0.25, -0.2) is 4.68 Å². The van der Waals surface area contributed by atoms with Crippen LogP contribution in [0.15, 0.2) is 5.16 Å². The van der Waals surface area contributed by atoms with Crippen LogP contribution >= 0.6 is 11.8 Å². The lowest BCUT2D eigenvalue weighted by Gasteiger charge is -2.05. The van der Waals surface area contributed by atoms with Gasteiger partial charge in [0.15, 0.2) is 0 Å². The van der Waals surface area contributed by atoms with Crippen molar-refractivity contribution in [2.24, 2.45) is 0 Å². The Balaban J connectivity index is 1.91. The number of hydrogen-bond donors (Lipinski definition) is 2. The van der Waals surface area contributed by atoms with Crippen LogP contribution < -0.4 is 0 Å². The zero-order valence-corrected chi connectivity index (χ0v) is 8.39. The topological polar surface area (TPSA) is 84.1 Å². The van der Waals surface area contributed by atoms with Crippen molar-refractivity contribution in [3.63, 3.8) is 0 Å². The SMILES string of the molecule is OCC(O)CSc1nnnn1C1CC1. The lowest BCUT2D eigenvalue weighted by molar-refractivity contribution is 0.113.